The summed E-state index contributed by atoms with van der Waals surface area (Å²) in [4.78, 5) is 10.8. The van der Waals surface area contributed by atoms with Crippen LogP contribution < -0.4 is 34.3 Å². The first-order valence-electron chi connectivity index (χ1n) is 3.54. The van der Waals surface area contributed by atoms with Crippen molar-refractivity contribution in [3.8, 4) is 0 Å². The number of nitrogens with two attached hydrogens (primary N) is 1. The molecule has 1 aromatic heterocycles. The van der Waals surface area contributed by atoms with E-state index >= 15 is 0 Å². The summed E-state index contributed by atoms with van der Waals surface area (Å²) in [5.41, 5.74) is 5.68. The Hall–Kier alpha value is -0.650. The van der Waals surface area contributed by atoms with Crippen molar-refractivity contribution in [2.24, 2.45) is 5.73 Å². The van der Waals surface area contributed by atoms with Crippen LogP contribution in [0.3, 0.4) is 0 Å². The predicted octanol–water partition coefficient (Wildman–Crippen LogP) is -2.90. The van der Waals surface area contributed by atoms with Gasteiger partial charge in [-0.25, -0.2) is 0 Å². The highest BCUT2D eigenvalue weighted by Crippen LogP contribution is 1.88. The van der Waals surface area contributed by atoms with E-state index in [1.807, 2.05) is 23.8 Å². The number of hydrogen-bond donors (Lipinski definition) is 1. The molecule has 0 atom stereocenters. The molecule has 3 nitrogen and oxygen atoms in total. The molecule has 1 rings (SSSR count). The summed E-state index contributed by atoms with van der Waals surface area (Å²) in [6, 6.07) is 5.38. The van der Waals surface area contributed by atoms with Gasteiger partial charge < -0.3 is 29.7 Å². The average molecular weight is 278 g/mol. The molecule has 0 bridgehead atoms. The second kappa shape index (κ2) is 5.08. The van der Waals surface area contributed by atoms with E-state index in [1.165, 1.54) is 0 Å². The van der Waals surface area contributed by atoms with Crippen molar-refractivity contribution in [2.75, 3.05) is 0 Å². The van der Waals surface area contributed by atoms with Crippen molar-refractivity contribution < 1.29 is 33.3 Å². The van der Waals surface area contributed by atoms with E-state index in [0.29, 0.717) is 5.69 Å². The zero-order valence-electron chi connectivity index (χ0n) is 6.83. The normalized spacial score (nSPS) is 8.75. The lowest BCUT2D eigenvalue weighted by molar-refractivity contribution is -0.695. The van der Waals surface area contributed by atoms with Gasteiger partial charge in [0.15, 0.2) is 6.20 Å². The fraction of sp³-hybridized carbons (Fsp3) is 0.250. The third-order valence-corrected chi connectivity index (χ3v) is 1.53. The van der Waals surface area contributed by atoms with Crippen LogP contribution in [0, 0.1) is 0 Å². The molecule has 2 N–H and O–H groups in total. The number of halogens is 1. The minimum Gasteiger partial charge on any atom is -1.00 e. The van der Waals surface area contributed by atoms with Gasteiger partial charge in [-0.1, -0.05) is 0 Å². The summed E-state index contributed by atoms with van der Waals surface area (Å²) in [6.07, 6.45) is 1.83. The molecule has 0 saturated heterocycles. The van der Waals surface area contributed by atoms with Crippen LogP contribution >= 0.6 is 0 Å². The van der Waals surface area contributed by atoms with E-state index in [9.17, 15) is 4.79 Å². The number of rotatable bonds is 2. The van der Waals surface area contributed by atoms with Crippen molar-refractivity contribution in [3.63, 3.8) is 0 Å². The van der Waals surface area contributed by atoms with E-state index in [-0.39, 0.29) is 29.9 Å². The van der Waals surface area contributed by atoms with Gasteiger partial charge in [0.2, 0.25) is 0 Å². The maximum Gasteiger partial charge on any atom is 0.313 e. The lowest BCUT2D eigenvalue weighted by atomic mass is 10.3. The van der Waals surface area contributed by atoms with Crippen molar-refractivity contribution >= 4 is 5.91 Å². The molecule has 1 aromatic rings. The van der Waals surface area contributed by atoms with Crippen LogP contribution in [0.5, 0.6) is 0 Å². The second-order valence-electron chi connectivity index (χ2n) is 2.24. The molecular formula is C8H11IN2O. The Bertz CT molecular complexity index is 276. The SMILES string of the molecule is CC[n+]1ccccc1C(N)=O.[I-]. The molecule has 4 heteroatoms. The van der Waals surface area contributed by atoms with Gasteiger partial charge in [0.1, 0.15) is 6.54 Å². The van der Waals surface area contributed by atoms with Crippen molar-refractivity contribution in [1.82, 2.24) is 0 Å². The standard InChI is InChI=1S/C8H10N2O.HI/c1-2-10-6-4-3-5-7(10)8(9)11;/h3-6H,2H2,1H3,(H-,9,11);1H. The van der Waals surface area contributed by atoms with Gasteiger partial charge in [-0.15, -0.1) is 0 Å². The van der Waals surface area contributed by atoms with Crippen molar-refractivity contribution in [1.29, 1.82) is 0 Å². The molecule has 1 heterocycles. The van der Waals surface area contributed by atoms with Gasteiger partial charge in [0.25, 0.3) is 5.69 Å². The average Bonchev–Trinajstić information content (AvgIpc) is 2.04. The van der Waals surface area contributed by atoms with Crippen LogP contribution in [0.1, 0.15) is 17.4 Å². The zero-order valence-corrected chi connectivity index (χ0v) is 8.98. The van der Waals surface area contributed by atoms with E-state index in [4.69, 9.17) is 5.73 Å². The third-order valence-electron chi connectivity index (χ3n) is 1.53. The zero-order chi connectivity index (χ0) is 8.27. The van der Waals surface area contributed by atoms with Crippen molar-refractivity contribution in [2.45, 2.75) is 13.5 Å². The Morgan fingerprint density at radius 1 is 1.58 bits per heavy atom. The van der Waals surface area contributed by atoms with Gasteiger partial charge in [0.05, 0.1) is 0 Å². The topological polar surface area (TPSA) is 47.0 Å². The van der Waals surface area contributed by atoms with Crippen LogP contribution in [0.25, 0.3) is 0 Å². The Morgan fingerprint density at radius 2 is 2.25 bits per heavy atom. The number of pyridine rings is 1. The quantitative estimate of drug-likeness (QED) is 0.458. The lowest BCUT2D eigenvalue weighted by Gasteiger charge is -1.95. The molecule has 0 fully saturated rings. The Morgan fingerprint density at radius 3 is 2.67 bits per heavy atom. The van der Waals surface area contributed by atoms with Crippen LogP contribution in [0.4, 0.5) is 0 Å². The fourth-order valence-electron chi connectivity index (χ4n) is 0.976. The van der Waals surface area contributed by atoms with Gasteiger partial charge in [-0.3, -0.25) is 4.79 Å². The molecule has 0 radical (unpaired) electrons. The summed E-state index contributed by atoms with van der Waals surface area (Å²) >= 11 is 0. The monoisotopic (exact) mass is 278 g/mol. The molecule has 0 aliphatic rings. The Labute approximate surface area is 88.6 Å². The maximum atomic E-state index is 10.8. The van der Waals surface area contributed by atoms with Gasteiger partial charge in [-0.05, 0) is 13.0 Å². The molecule has 0 saturated carbocycles. The number of hydrogen-bond acceptors (Lipinski definition) is 1. The van der Waals surface area contributed by atoms with Crippen LogP contribution in [-0.4, -0.2) is 5.91 Å². The van der Waals surface area contributed by atoms with Gasteiger partial charge in [0, 0.05) is 12.1 Å². The number of carbonyl (C=O) groups excluding carboxylic acids is 1. The van der Waals surface area contributed by atoms with Crippen LogP contribution in [-0.2, 0) is 6.54 Å². The highest BCUT2D eigenvalue weighted by molar-refractivity contribution is 5.89. The molecule has 0 aliphatic carbocycles. The van der Waals surface area contributed by atoms with Crippen LogP contribution in [0.2, 0.25) is 0 Å². The molecular weight excluding hydrogens is 267 g/mol. The summed E-state index contributed by atoms with van der Waals surface area (Å²) in [5.74, 6) is -0.382. The number of amides is 1. The second-order valence-corrected chi connectivity index (χ2v) is 2.24. The maximum absolute atomic E-state index is 10.8. The fourth-order valence-corrected chi connectivity index (χ4v) is 0.976. The number of primary amides is 1. The molecule has 12 heavy (non-hydrogen) atoms. The highest BCUT2D eigenvalue weighted by atomic mass is 127. The lowest BCUT2D eigenvalue weighted by Crippen LogP contribution is -3.00. The van der Waals surface area contributed by atoms with E-state index < -0.39 is 0 Å². The minimum absolute atomic E-state index is 0. The van der Waals surface area contributed by atoms with E-state index in [2.05, 4.69) is 0 Å². The van der Waals surface area contributed by atoms with E-state index in [1.54, 1.807) is 12.1 Å². The minimum atomic E-state index is -0.382. The first kappa shape index (κ1) is 11.4. The molecule has 0 aliphatic heterocycles. The number of aromatic nitrogens is 1. The summed E-state index contributed by atoms with van der Waals surface area (Å²) < 4.78 is 1.81. The first-order chi connectivity index (χ1) is 5.25. The summed E-state index contributed by atoms with van der Waals surface area (Å²) in [7, 11) is 0. The predicted molar refractivity (Wildman–Crippen MR) is 40.8 cm³/mol. The van der Waals surface area contributed by atoms with Crippen molar-refractivity contribution in [3.05, 3.63) is 30.1 Å². The summed E-state index contributed by atoms with van der Waals surface area (Å²) in [6.45, 7) is 2.73. The molecule has 1 amide bonds. The highest BCUT2D eigenvalue weighted by Gasteiger charge is 2.11. The van der Waals surface area contributed by atoms with E-state index in [0.717, 1.165) is 6.54 Å². The van der Waals surface area contributed by atoms with Gasteiger partial charge >= 0.3 is 5.91 Å². The first-order valence-corrected chi connectivity index (χ1v) is 3.54. The smallest absolute Gasteiger partial charge is 0.313 e. The third kappa shape index (κ3) is 2.44. The number of aryl methyl sites for hydroxylation is 1. The molecule has 0 unspecified atom stereocenters. The largest absolute Gasteiger partial charge is 1.00 e. The Kier molecular flexibility index (Phi) is 4.80. The Balaban J connectivity index is 0.00000121. The molecule has 0 aromatic carbocycles. The number of nitrogens with zero attached hydrogens (tertiary/aromatic N) is 1. The van der Waals surface area contributed by atoms with Gasteiger partial charge in [-0.2, -0.15) is 4.57 Å². The van der Waals surface area contributed by atoms with Crippen LogP contribution in [0.15, 0.2) is 24.4 Å². The number of carbonyl (C=O) groups is 1. The summed E-state index contributed by atoms with van der Waals surface area (Å²) in [5, 5.41) is 0. The molecule has 66 valence electrons. The molecule has 0 spiro atoms.